The molecule has 0 spiro atoms. The molecular weight excluding hydrogens is 190 g/mol. The van der Waals surface area contributed by atoms with Crippen molar-refractivity contribution in [2.45, 2.75) is 25.7 Å². The SMILES string of the molecule is OCC1CCCC1CNCC1CCOC1. The van der Waals surface area contributed by atoms with E-state index in [1.54, 1.807) is 0 Å². The number of aliphatic hydroxyl groups is 1. The number of ether oxygens (including phenoxy) is 1. The van der Waals surface area contributed by atoms with Crippen LogP contribution in [0.15, 0.2) is 0 Å². The molecule has 3 unspecified atom stereocenters. The Morgan fingerprint density at radius 2 is 2.00 bits per heavy atom. The Hall–Kier alpha value is -0.120. The van der Waals surface area contributed by atoms with E-state index in [4.69, 9.17) is 4.74 Å². The van der Waals surface area contributed by atoms with Crippen LogP contribution in [-0.4, -0.2) is 38.0 Å². The first-order valence-corrected chi connectivity index (χ1v) is 6.29. The molecule has 1 heterocycles. The van der Waals surface area contributed by atoms with Crippen LogP contribution in [0.5, 0.6) is 0 Å². The van der Waals surface area contributed by atoms with Gasteiger partial charge in [-0.25, -0.2) is 0 Å². The number of aliphatic hydroxyl groups excluding tert-OH is 1. The third-order valence-corrected chi connectivity index (χ3v) is 3.91. The highest BCUT2D eigenvalue weighted by Crippen LogP contribution is 2.30. The van der Waals surface area contributed by atoms with Gasteiger partial charge < -0.3 is 15.2 Å². The zero-order valence-corrected chi connectivity index (χ0v) is 9.45. The second-order valence-electron chi connectivity index (χ2n) is 5.02. The molecule has 0 radical (unpaired) electrons. The lowest BCUT2D eigenvalue weighted by atomic mass is 9.97. The molecule has 0 aromatic heterocycles. The highest BCUT2D eigenvalue weighted by molar-refractivity contribution is 4.79. The molecule has 0 aromatic carbocycles. The van der Waals surface area contributed by atoms with Gasteiger partial charge in [0.2, 0.25) is 0 Å². The van der Waals surface area contributed by atoms with Gasteiger partial charge >= 0.3 is 0 Å². The van der Waals surface area contributed by atoms with Gasteiger partial charge in [0.25, 0.3) is 0 Å². The van der Waals surface area contributed by atoms with Gasteiger partial charge in [-0.05, 0) is 43.6 Å². The van der Waals surface area contributed by atoms with Gasteiger partial charge in [-0.3, -0.25) is 0 Å². The first-order valence-electron chi connectivity index (χ1n) is 6.29. The van der Waals surface area contributed by atoms with Crippen molar-refractivity contribution in [2.75, 3.05) is 32.9 Å². The predicted molar refractivity (Wildman–Crippen MR) is 59.7 cm³/mol. The van der Waals surface area contributed by atoms with Gasteiger partial charge in [0.15, 0.2) is 0 Å². The van der Waals surface area contributed by atoms with Crippen LogP contribution in [0, 0.1) is 17.8 Å². The molecule has 2 fully saturated rings. The monoisotopic (exact) mass is 213 g/mol. The van der Waals surface area contributed by atoms with Crippen molar-refractivity contribution < 1.29 is 9.84 Å². The quantitative estimate of drug-likeness (QED) is 0.716. The topological polar surface area (TPSA) is 41.5 Å². The molecule has 1 aliphatic heterocycles. The van der Waals surface area contributed by atoms with E-state index in [-0.39, 0.29) is 0 Å². The number of nitrogens with one attached hydrogen (secondary N) is 1. The van der Waals surface area contributed by atoms with E-state index < -0.39 is 0 Å². The van der Waals surface area contributed by atoms with E-state index in [2.05, 4.69) is 5.32 Å². The van der Waals surface area contributed by atoms with Crippen molar-refractivity contribution in [3.63, 3.8) is 0 Å². The minimum atomic E-state index is 0.374. The summed E-state index contributed by atoms with van der Waals surface area (Å²) in [5.41, 5.74) is 0. The van der Waals surface area contributed by atoms with Crippen molar-refractivity contribution in [1.82, 2.24) is 5.32 Å². The summed E-state index contributed by atoms with van der Waals surface area (Å²) < 4.78 is 5.34. The van der Waals surface area contributed by atoms with E-state index in [0.29, 0.717) is 18.4 Å². The van der Waals surface area contributed by atoms with Crippen LogP contribution in [0.1, 0.15) is 25.7 Å². The van der Waals surface area contributed by atoms with Crippen LogP contribution in [0.2, 0.25) is 0 Å². The van der Waals surface area contributed by atoms with E-state index >= 15 is 0 Å². The zero-order valence-electron chi connectivity index (χ0n) is 9.45. The van der Waals surface area contributed by atoms with Gasteiger partial charge in [0, 0.05) is 19.8 Å². The molecule has 1 saturated heterocycles. The van der Waals surface area contributed by atoms with Crippen LogP contribution >= 0.6 is 0 Å². The maximum absolute atomic E-state index is 9.20. The van der Waals surface area contributed by atoms with Crippen LogP contribution in [0.4, 0.5) is 0 Å². The molecule has 88 valence electrons. The van der Waals surface area contributed by atoms with Gasteiger partial charge in [-0.1, -0.05) is 6.42 Å². The molecule has 2 aliphatic rings. The van der Waals surface area contributed by atoms with E-state index in [9.17, 15) is 5.11 Å². The largest absolute Gasteiger partial charge is 0.396 e. The Kier molecular flexibility index (Phi) is 4.42. The number of rotatable bonds is 5. The molecule has 2 rings (SSSR count). The van der Waals surface area contributed by atoms with E-state index in [0.717, 1.165) is 32.2 Å². The van der Waals surface area contributed by atoms with Gasteiger partial charge in [0.1, 0.15) is 0 Å². The fourth-order valence-electron chi connectivity index (χ4n) is 2.84. The molecule has 1 aliphatic carbocycles. The second-order valence-corrected chi connectivity index (χ2v) is 5.02. The Labute approximate surface area is 92.2 Å². The molecule has 0 aromatic rings. The van der Waals surface area contributed by atoms with Gasteiger partial charge in [-0.2, -0.15) is 0 Å². The lowest BCUT2D eigenvalue weighted by Crippen LogP contribution is -2.30. The fraction of sp³-hybridized carbons (Fsp3) is 1.00. The summed E-state index contributed by atoms with van der Waals surface area (Å²) in [5, 5.41) is 12.7. The Balaban J connectivity index is 1.60. The van der Waals surface area contributed by atoms with Crippen LogP contribution < -0.4 is 5.32 Å². The van der Waals surface area contributed by atoms with Crippen LogP contribution in [0.25, 0.3) is 0 Å². The standard InChI is InChI=1S/C12H23NO2/c14-8-12-3-1-2-11(12)7-13-6-10-4-5-15-9-10/h10-14H,1-9H2. The molecule has 0 amide bonds. The fourth-order valence-corrected chi connectivity index (χ4v) is 2.84. The molecular formula is C12H23NO2. The first kappa shape index (κ1) is 11.4. The van der Waals surface area contributed by atoms with Gasteiger partial charge in [-0.15, -0.1) is 0 Å². The summed E-state index contributed by atoms with van der Waals surface area (Å²) in [6.45, 7) is 4.42. The van der Waals surface area contributed by atoms with E-state index in [1.165, 1.54) is 25.7 Å². The van der Waals surface area contributed by atoms with Crippen LogP contribution in [0.3, 0.4) is 0 Å². The normalized spacial score (nSPS) is 36.2. The lowest BCUT2D eigenvalue weighted by Gasteiger charge is -2.18. The smallest absolute Gasteiger partial charge is 0.0507 e. The summed E-state index contributed by atoms with van der Waals surface area (Å²) in [4.78, 5) is 0. The minimum absolute atomic E-state index is 0.374. The summed E-state index contributed by atoms with van der Waals surface area (Å²) >= 11 is 0. The van der Waals surface area contributed by atoms with Crippen LogP contribution in [-0.2, 0) is 4.74 Å². The van der Waals surface area contributed by atoms with E-state index in [1.807, 2.05) is 0 Å². The number of hydrogen-bond acceptors (Lipinski definition) is 3. The highest BCUT2D eigenvalue weighted by atomic mass is 16.5. The molecule has 2 N–H and O–H groups in total. The molecule has 3 heteroatoms. The average Bonchev–Trinajstić information content (AvgIpc) is 2.88. The lowest BCUT2D eigenvalue weighted by molar-refractivity contribution is 0.180. The average molecular weight is 213 g/mol. The Morgan fingerprint density at radius 3 is 2.73 bits per heavy atom. The van der Waals surface area contributed by atoms with Crippen molar-refractivity contribution in [3.8, 4) is 0 Å². The first-order chi connectivity index (χ1) is 7.40. The summed E-state index contributed by atoms with van der Waals surface area (Å²) in [6.07, 6.45) is 5.01. The van der Waals surface area contributed by atoms with Gasteiger partial charge in [0.05, 0.1) is 6.61 Å². The second kappa shape index (κ2) is 5.83. The molecule has 0 bridgehead atoms. The summed E-state index contributed by atoms with van der Waals surface area (Å²) in [6, 6.07) is 0. The molecule has 3 atom stereocenters. The van der Waals surface area contributed by atoms with Crippen molar-refractivity contribution in [3.05, 3.63) is 0 Å². The molecule has 15 heavy (non-hydrogen) atoms. The van der Waals surface area contributed by atoms with Crippen molar-refractivity contribution in [1.29, 1.82) is 0 Å². The maximum Gasteiger partial charge on any atom is 0.0507 e. The Bertz CT molecular complexity index is 180. The third-order valence-electron chi connectivity index (χ3n) is 3.91. The predicted octanol–water partition coefficient (Wildman–Crippen LogP) is 1.02. The summed E-state index contributed by atoms with van der Waals surface area (Å²) in [7, 11) is 0. The highest BCUT2D eigenvalue weighted by Gasteiger charge is 2.26. The summed E-state index contributed by atoms with van der Waals surface area (Å²) in [5.74, 6) is 1.98. The Morgan fingerprint density at radius 1 is 1.13 bits per heavy atom. The minimum Gasteiger partial charge on any atom is -0.396 e. The third kappa shape index (κ3) is 3.16. The zero-order chi connectivity index (χ0) is 10.5. The number of hydrogen-bond donors (Lipinski definition) is 2. The molecule has 3 nitrogen and oxygen atoms in total. The maximum atomic E-state index is 9.20. The van der Waals surface area contributed by atoms with Crippen molar-refractivity contribution in [2.24, 2.45) is 17.8 Å². The molecule has 1 saturated carbocycles. The van der Waals surface area contributed by atoms with Crippen molar-refractivity contribution >= 4 is 0 Å².